The molecule has 1 aliphatic heterocycles. The average molecular weight is 342 g/mol. The van der Waals surface area contributed by atoms with Gasteiger partial charge in [-0.15, -0.1) is 0 Å². The summed E-state index contributed by atoms with van der Waals surface area (Å²) in [7, 11) is 0. The Kier molecular flexibility index (Phi) is 4.43. The minimum atomic E-state index is -4.51. The Morgan fingerprint density at radius 2 is 1.61 bits per heavy atom. The number of nitrogens with zero attached hydrogens (tertiary/aromatic N) is 3. The van der Waals surface area contributed by atoms with Crippen molar-refractivity contribution in [3.63, 3.8) is 0 Å². The van der Waals surface area contributed by atoms with Crippen LogP contribution in [-0.4, -0.2) is 23.1 Å². The fraction of sp³-hybridized carbons (Fsp3) is 0.375. The van der Waals surface area contributed by atoms with E-state index in [-0.39, 0.29) is 11.6 Å². The third-order valence-electron chi connectivity index (χ3n) is 3.78. The highest BCUT2D eigenvalue weighted by Gasteiger charge is 2.34. The summed E-state index contributed by atoms with van der Waals surface area (Å²) >= 11 is 5.84. The minimum Gasteiger partial charge on any atom is -0.341 e. The van der Waals surface area contributed by atoms with Gasteiger partial charge in [0.1, 0.15) is 0 Å². The first-order valence-corrected chi connectivity index (χ1v) is 7.78. The molecule has 0 saturated carbocycles. The van der Waals surface area contributed by atoms with Gasteiger partial charge in [-0.25, -0.2) is 9.97 Å². The van der Waals surface area contributed by atoms with Gasteiger partial charge < -0.3 is 4.90 Å². The second kappa shape index (κ2) is 6.35. The zero-order chi connectivity index (χ0) is 16.4. The molecule has 0 N–H and O–H groups in total. The van der Waals surface area contributed by atoms with Crippen LogP contribution in [-0.2, 0) is 6.18 Å². The van der Waals surface area contributed by atoms with Crippen LogP contribution in [0, 0.1) is 0 Å². The normalized spacial score (nSPS) is 15.7. The van der Waals surface area contributed by atoms with E-state index in [4.69, 9.17) is 11.6 Å². The maximum atomic E-state index is 13.2. The Bertz CT molecular complexity index is 680. The lowest BCUT2D eigenvalue weighted by Gasteiger charge is -2.27. The fourth-order valence-corrected chi connectivity index (χ4v) is 2.71. The van der Waals surface area contributed by atoms with Crippen LogP contribution in [0.15, 0.2) is 30.3 Å². The molecule has 0 atom stereocenters. The largest absolute Gasteiger partial charge is 0.433 e. The molecular weight excluding hydrogens is 327 g/mol. The second-order valence-corrected chi connectivity index (χ2v) is 5.93. The standard InChI is InChI=1S/C16H15ClF3N3/c17-12-6-4-11(5-7-12)13-10-14(16(18,19)20)22-15(21-13)23-8-2-1-3-9-23/h4-7,10H,1-3,8-9H2. The molecule has 1 aromatic carbocycles. The highest BCUT2D eigenvalue weighted by atomic mass is 35.5. The maximum Gasteiger partial charge on any atom is 0.433 e. The van der Waals surface area contributed by atoms with Crippen molar-refractivity contribution in [3.05, 3.63) is 41.0 Å². The summed E-state index contributed by atoms with van der Waals surface area (Å²) in [5.41, 5.74) is -0.0804. The van der Waals surface area contributed by atoms with E-state index in [9.17, 15) is 13.2 Å². The monoisotopic (exact) mass is 341 g/mol. The van der Waals surface area contributed by atoms with Crippen LogP contribution >= 0.6 is 11.6 Å². The van der Waals surface area contributed by atoms with Crippen LogP contribution in [0.5, 0.6) is 0 Å². The van der Waals surface area contributed by atoms with E-state index in [0.29, 0.717) is 23.7 Å². The SMILES string of the molecule is FC(F)(F)c1cc(-c2ccc(Cl)cc2)nc(N2CCCCC2)n1. The topological polar surface area (TPSA) is 29.0 Å². The second-order valence-electron chi connectivity index (χ2n) is 5.49. The Hall–Kier alpha value is -1.82. The Morgan fingerprint density at radius 1 is 0.957 bits per heavy atom. The van der Waals surface area contributed by atoms with Crippen molar-refractivity contribution in [3.8, 4) is 11.3 Å². The maximum absolute atomic E-state index is 13.2. The van der Waals surface area contributed by atoms with E-state index in [1.807, 2.05) is 4.90 Å². The van der Waals surface area contributed by atoms with Crippen LogP contribution in [0.25, 0.3) is 11.3 Å². The molecular formula is C16H15ClF3N3. The summed E-state index contributed by atoms with van der Waals surface area (Å²) in [6.07, 6.45) is -1.54. The highest BCUT2D eigenvalue weighted by Crippen LogP contribution is 2.32. The number of piperidine rings is 1. The average Bonchev–Trinajstić information content (AvgIpc) is 2.55. The molecule has 0 unspecified atom stereocenters. The first-order valence-electron chi connectivity index (χ1n) is 7.41. The molecule has 1 aliphatic rings. The van der Waals surface area contributed by atoms with Gasteiger partial charge in [-0.1, -0.05) is 23.7 Å². The fourth-order valence-electron chi connectivity index (χ4n) is 2.58. The summed E-state index contributed by atoms with van der Waals surface area (Å²) in [4.78, 5) is 9.90. The smallest absolute Gasteiger partial charge is 0.341 e. The first kappa shape index (κ1) is 16.1. The van der Waals surface area contributed by atoms with Gasteiger partial charge in [0.25, 0.3) is 0 Å². The van der Waals surface area contributed by atoms with Crippen LogP contribution < -0.4 is 4.90 Å². The number of benzene rings is 1. The Balaban J connectivity index is 2.05. The molecule has 0 bridgehead atoms. The lowest BCUT2D eigenvalue weighted by atomic mass is 10.1. The summed E-state index contributed by atoms with van der Waals surface area (Å²) in [5, 5.41) is 0.523. The summed E-state index contributed by atoms with van der Waals surface area (Å²) < 4.78 is 39.5. The molecule has 3 rings (SSSR count). The van der Waals surface area contributed by atoms with Crippen molar-refractivity contribution in [1.82, 2.24) is 9.97 Å². The number of hydrogen-bond acceptors (Lipinski definition) is 3. The van der Waals surface area contributed by atoms with Gasteiger partial charge in [-0.2, -0.15) is 13.2 Å². The molecule has 7 heteroatoms. The number of rotatable bonds is 2. The van der Waals surface area contributed by atoms with Gasteiger partial charge in [-0.3, -0.25) is 0 Å². The van der Waals surface area contributed by atoms with Crippen LogP contribution in [0.4, 0.5) is 19.1 Å². The van der Waals surface area contributed by atoms with Gasteiger partial charge >= 0.3 is 6.18 Å². The number of anilines is 1. The van der Waals surface area contributed by atoms with E-state index in [0.717, 1.165) is 25.3 Å². The van der Waals surface area contributed by atoms with E-state index >= 15 is 0 Å². The third-order valence-corrected chi connectivity index (χ3v) is 4.04. The van der Waals surface area contributed by atoms with Gasteiger partial charge in [-0.05, 0) is 37.5 Å². The molecule has 2 heterocycles. The van der Waals surface area contributed by atoms with E-state index < -0.39 is 11.9 Å². The Labute approximate surface area is 137 Å². The van der Waals surface area contributed by atoms with Gasteiger partial charge in [0.15, 0.2) is 5.69 Å². The van der Waals surface area contributed by atoms with E-state index in [1.165, 1.54) is 0 Å². The predicted molar refractivity (Wildman–Crippen MR) is 83.5 cm³/mol. The Morgan fingerprint density at radius 3 is 2.22 bits per heavy atom. The van der Waals surface area contributed by atoms with Crippen molar-refractivity contribution in [1.29, 1.82) is 0 Å². The first-order chi connectivity index (χ1) is 10.9. The minimum absolute atomic E-state index is 0.143. The molecule has 1 fully saturated rings. The summed E-state index contributed by atoms with van der Waals surface area (Å²) in [5.74, 6) is 0.143. The number of alkyl halides is 3. The molecule has 23 heavy (non-hydrogen) atoms. The lowest BCUT2D eigenvalue weighted by molar-refractivity contribution is -0.141. The molecule has 0 amide bonds. The van der Waals surface area contributed by atoms with Gasteiger partial charge in [0, 0.05) is 23.7 Å². The summed E-state index contributed by atoms with van der Waals surface area (Å²) in [6.45, 7) is 1.36. The summed E-state index contributed by atoms with van der Waals surface area (Å²) in [6, 6.07) is 7.56. The molecule has 1 saturated heterocycles. The molecule has 122 valence electrons. The van der Waals surface area contributed by atoms with E-state index in [1.54, 1.807) is 24.3 Å². The molecule has 0 aliphatic carbocycles. The number of hydrogen-bond donors (Lipinski definition) is 0. The van der Waals surface area contributed by atoms with Crippen LogP contribution in [0.1, 0.15) is 25.0 Å². The van der Waals surface area contributed by atoms with Crippen molar-refractivity contribution >= 4 is 17.5 Å². The quantitative estimate of drug-likeness (QED) is 0.785. The highest BCUT2D eigenvalue weighted by molar-refractivity contribution is 6.30. The van der Waals surface area contributed by atoms with Crippen molar-refractivity contribution in [2.24, 2.45) is 0 Å². The van der Waals surface area contributed by atoms with E-state index in [2.05, 4.69) is 9.97 Å². The van der Waals surface area contributed by atoms with Crippen molar-refractivity contribution in [2.45, 2.75) is 25.4 Å². The lowest BCUT2D eigenvalue weighted by Crippen LogP contribution is -2.31. The van der Waals surface area contributed by atoms with Crippen molar-refractivity contribution < 1.29 is 13.2 Å². The molecule has 3 nitrogen and oxygen atoms in total. The van der Waals surface area contributed by atoms with Crippen LogP contribution in [0.3, 0.4) is 0 Å². The van der Waals surface area contributed by atoms with Crippen LogP contribution in [0.2, 0.25) is 5.02 Å². The zero-order valence-electron chi connectivity index (χ0n) is 12.3. The van der Waals surface area contributed by atoms with Gasteiger partial charge in [0.05, 0.1) is 5.69 Å². The number of halogens is 4. The molecule has 0 radical (unpaired) electrons. The molecule has 1 aromatic heterocycles. The van der Waals surface area contributed by atoms with Crippen molar-refractivity contribution in [2.75, 3.05) is 18.0 Å². The predicted octanol–water partition coefficient (Wildman–Crippen LogP) is 4.81. The third kappa shape index (κ3) is 3.75. The zero-order valence-corrected chi connectivity index (χ0v) is 13.0. The van der Waals surface area contributed by atoms with Gasteiger partial charge in [0.2, 0.25) is 5.95 Å². The number of aromatic nitrogens is 2. The molecule has 0 spiro atoms. The molecule has 2 aromatic rings.